The van der Waals surface area contributed by atoms with Gasteiger partial charge >= 0.3 is 0 Å². The summed E-state index contributed by atoms with van der Waals surface area (Å²) in [5.41, 5.74) is 1.03. The Labute approximate surface area is 163 Å². The standard InChI is InChI=1S/C19H32N4O3S/c1-4-21(5-2)11-10-20-19(24)16-22-12-14-23(15-13-22)27(25,26)18-8-6-17(3)7-9-18/h6-9H,4-5,10-16H2,1-3H3,(H,20,24). The molecule has 1 saturated heterocycles. The number of carbonyl (C=O) groups excluding carboxylic acids is 1. The molecular formula is C19H32N4O3S. The molecule has 1 aromatic rings. The zero-order valence-corrected chi connectivity index (χ0v) is 17.5. The fourth-order valence-corrected chi connectivity index (χ4v) is 4.56. The van der Waals surface area contributed by atoms with Crippen LogP contribution in [0.3, 0.4) is 0 Å². The summed E-state index contributed by atoms with van der Waals surface area (Å²) >= 11 is 0. The number of nitrogens with zero attached hydrogens (tertiary/aromatic N) is 3. The molecule has 1 N–H and O–H groups in total. The molecule has 152 valence electrons. The highest BCUT2D eigenvalue weighted by Gasteiger charge is 2.28. The van der Waals surface area contributed by atoms with Gasteiger partial charge in [0.2, 0.25) is 15.9 Å². The van der Waals surface area contributed by atoms with Crippen molar-refractivity contribution in [1.29, 1.82) is 0 Å². The van der Waals surface area contributed by atoms with Crippen molar-refractivity contribution in [3.63, 3.8) is 0 Å². The normalized spacial score (nSPS) is 16.6. The molecule has 8 heteroatoms. The third-order valence-corrected chi connectivity index (χ3v) is 6.91. The number of rotatable bonds is 9. The molecule has 0 atom stereocenters. The van der Waals surface area contributed by atoms with Crippen molar-refractivity contribution in [3.8, 4) is 0 Å². The Morgan fingerprint density at radius 1 is 1.07 bits per heavy atom. The number of nitrogens with one attached hydrogen (secondary N) is 1. The van der Waals surface area contributed by atoms with Crippen LogP contribution in [-0.4, -0.2) is 87.3 Å². The molecule has 27 heavy (non-hydrogen) atoms. The summed E-state index contributed by atoms with van der Waals surface area (Å²) in [6.45, 7) is 11.8. The number of carbonyl (C=O) groups is 1. The van der Waals surface area contributed by atoms with Gasteiger partial charge in [0.25, 0.3) is 0 Å². The molecule has 7 nitrogen and oxygen atoms in total. The minimum Gasteiger partial charge on any atom is -0.354 e. The van der Waals surface area contributed by atoms with Crippen LogP contribution < -0.4 is 5.32 Å². The third-order valence-electron chi connectivity index (χ3n) is 5.00. The van der Waals surface area contributed by atoms with E-state index in [0.29, 0.717) is 44.2 Å². The second-order valence-electron chi connectivity index (χ2n) is 6.87. The largest absolute Gasteiger partial charge is 0.354 e. The predicted molar refractivity (Wildman–Crippen MR) is 107 cm³/mol. The lowest BCUT2D eigenvalue weighted by Crippen LogP contribution is -2.51. The van der Waals surface area contributed by atoms with Gasteiger partial charge in [0, 0.05) is 39.3 Å². The molecule has 1 heterocycles. The molecule has 1 fully saturated rings. The SMILES string of the molecule is CCN(CC)CCNC(=O)CN1CCN(S(=O)(=O)c2ccc(C)cc2)CC1. The maximum Gasteiger partial charge on any atom is 0.243 e. The van der Waals surface area contributed by atoms with Crippen molar-refractivity contribution < 1.29 is 13.2 Å². The van der Waals surface area contributed by atoms with Crippen LogP contribution in [0.15, 0.2) is 29.2 Å². The van der Waals surface area contributed by atoms with E-state index in [1.165, 1.54) is 4.31 Å². The zero-order chi connectivity index (χ0) is 19.9. The predicted octanol–water partition coefficient (Wildman–Crippen LogP) is 0.759. The fourth-order valence-electron chi connectivity index (χ4n) is 3.14. The molecule has 1 aliphatic rings. The second-order valence-corrected chi connectivity index (χ2v) is 8.81. The van der Waals surface area contributed by atoms with E-state index in [0.717, 1.165) is 25.2 Å². The summed E-state index contributed by atoms with van der Waals surface area (Å²) < 4.78 is 26.9. The smallest absolute Gasteiger partial charge is 0.243 e. The molecule has 1 aromatic carbocycles. The van der Waals surface area contributed by atoms with E-state index in [2.05, 4.69) is 24.1 Å². The third kappa shape index (κ3) is 6.27. The molecule has 2 rings (SSSR count). The molecule has 0 spiro atoms. The summed E-state index contributed by atoms with van der Waals surface area (Å²) in [5, 5.41) is 2.95. The first kappa shape index (κ1) is 21.8. The summed E-state index contributed by atoms with van der Waals surface area (Å²) in [7, 11) is -3.46. The lowest BCUT2D eigenvalue weighted by atomic mass is 10.2. The molecule has 1 amide bonds. The monoisotopic (exact) mass is 396 g/mol. The Bertz CT molecular complexity index is 694. The summed E-state index contributed by atoms with van der Waals surface area (Å²) in [4.78, 5) is 16.7. The van der Waals surface area contributed by atoms with Crippen LogP contribution in [0.25, 0.3) is 0 Å². The number of likely N-dealkylation sites (N-methyl/N-ethyl adjacent to an activating group) is 1. The number of hydrogen-bond donors (Lipinski definition) is 1. The van der Waals surface area contributed by atoms with Gasteiger partial charge in [-0.15, -0.1) is 0 Å². The van der Waals surface area contributed by atoms with Gasteiger partial charge in [0.1, 0.15) is 0 Å². The minimum absolute atomic E-state index is 0.00278. The van der Waals surface area contributed by atoms with Crippen molar-refractivity contribution in [2.24, 2.45) is 0 Å². The van der Waals surface area contributed by atoms with Crippen LogP contribution in [0.5, 0.6) is 0 Å². The van der Waals surface area contributed by atoms with Crippen molar-refractivity contribution in [1.82, 2.24) is 19.4 Å². The van der Waals surface area contributed by atoms with Gasteiger partial charge in [-0.2, -0.15) is 4.31 Å². The highest BCUT2D eigenvalue weighted by atomic mass is 32.2. The van der Waals surface area contributed by atoms with Gasteiger partial charge in [-0.3, -0.25) is 9.69 Å². The number of piperazine rings is 1. The maximum atomic E-state index is 12.7. The summed E-state index contributed by atoms with van der Waals surface area (Å²) in [6.07, 6.45) is 0. The Morgan fingerprint density at radius 3 is 2.22 bits per heavy atom. The van der Waals surface area contributed by atoms with Gasteiger partial charge in [0.15, 0.2) is 0 Å². The highest BCUT2D eigenvalue weighted by Crippen LogP contribution is 2.18. The van der Waals surface area contributed by atoms with Crippen molar-refractivity contribution in [2.45, 2.75) is 25.7 Å². The van der Waals surface area contributed by atoms with E-state index in [1.54, 1.807) is 12.1 Å². The van der Waals surface area contributed by atoms with Crippen LogP contribution in [0.1, 0.15) is 19.4 Å². The van der Waals surface area contributed by atoms with Gasteiger partial charge in [-0.1, -0.05) is 31.5 Å². The van der Waals surface area contributed by atoms with Gasteiger partial charge in [-0.05, 0) is 32.1 Å². The molecule has 0 aliphatic carbocycles. The Kier molecular flexibility index (Phi) is 8.22. The van der Waals surface area contributed by atoms with Gasteiger partial charge < -0.3 is 10.2 Å². The number of benzene rings is 1. The number of hydrogen-bond acceptors (Lipinski definition) is 5. The van der Waals surface area contributed by atoms with E-state index in [4.69, 9.17) is 0 Å². The fraction of sp³-hybridized carbons (Fsp3) is 0.632. The average molecular weight is 397 g/mol. The summed E-state index contributed by atoms with van der Waals surface area (Å²) in [5.74, 6) is -0.00278. The van der Waals surface area contributed by atoms with Crippen LogP contribution in [-0.2, 0) is 14.8 Å². The van der Waals surface area contributed by atoms with Crippen LogP contribution in [0, 0.1) is 6.92 Å². The molecule has 0 unspecified atom stereocenters. The van der Waals surface area contributed by atoms with Crippen LogP contribution >= 0.6 is 0 Å². The first-order chi connectivity index (χ1) is 12.9. The van der Waals surface area contributed by atoms with E-state index >= 15 is 0 Å². The number of sulfonamides is 1. The topological polar surface area (TPSA) is 73.0 Å². The quantitative estimate of drug-likeness (QED) is 0.667. The molecule has 0 radical (unpaired) electrons. The van der Waals surface area contributed by atoms with E-state index < -0.39 is 10.0 Å². The molecule has 0 bridgehead atoms. The molecule has 0 saturated carbocycles. The maximum absolute atomic E-state index is 12.7. The molecular weight excluding hydrogens is 364 g/mol. The Morgan fingerprint density at radius 2 is 1.67 bits per heavy atom. The lowest BCUT2D eigenvalue weighted by Gasteiger charge is -2.33. The lowest BCUT2D eigenvalue weighted by molar-refractivity contribution is -0.122. The molecule has 1 aliphatic heterocycles. The van der Waals surface area contributed by atoms with Crippen molar-refractivity contribution >= 4 is 15.9 Å². The first-order valence-electron chi connectivity index (χ1n) is 9.65. The number of aryl methyl sites for hydroxylation is 1. The zero-order valence-electron chi connectivity index (χ0n) is 16.6. The van der Waals surface area contributed by atoms with Gasteiger partial charge in [0.05, 0.1) is 11.4 Å². The van der Waals surface area contributed by atoms with E-state index in [-0.39, 0.29) is 5.91 Å². The van der Waals surface area contributed by atoms with Crippen LogP contribution in [0.4, 0.5) is 0 Å². The summed E-state index contributed by atoms with van der Waals surface area (Å²) in [6, 6.07) is 6.93. The number of amides is 1. The van der Waals surface area contributed by atoms with Crippen LogP contribution in [0.2, 0.25) is 0 Å². The first-order valence-corrected chi connectivity index (χ1v) is 11.1. The van der Waals surface area contributed by atoms with Gasteiger partial charge in [-0.25, -0.2) is 8.42 Å². The van der Waals surface area contributed by atoms with E-state index in [9.17, 15) is 13.2 Å². The molecule has 0 aromatic heterocycles. The Balaban J connectivity index is 1.78. The van der Waals surface area contributed by atoms with E-state index in [1.807, 2.05) is 24.0 Å². The van der Waals surface area contributed by atoms with Crippen molar-refractivity contribution in [3.05, 3.63) is 29.8 Å². The second kappa shape index (κ2) is 10.2. The highest BCUT2D eigenvalue weighted by molar-refractivity contribution is 7.89. The van der Waals surface area contributed by atoms with Crippen molar-refractivity contribution in [2.75, 3.05) is 58.9 Å². The Hall–Kier alpha value is -1.48. The average Bonchev–Trinajstić information content (AvgIpc) is 2.66. The minimum atomic E-state index is -3.46.